The number of carboxylic acids is 1. The Morgan fingerprint density at radius 2 is 2.14 bits per heavy atom. The topological polar surface area (TPSA) is 62.2 Å². The smallest absolute Gasteiger partial charge is 0.417 e. The number of rotatable bonds is 4. The van der Waals surface area contributed by atoms with Crippen molar-refractivity contribution in [2.45, 2.75) is 19.6 Å². The van der Waals surface area contributed by atoms with E-state index in [4.69, 9.17) is 5.11 Å². The number of aromatic nitrogens is 1. The van der Waals surface area contributed by atoms with Gasteiger partial charge in [0.2, 0.25) is 0 Å². The van der Waals surface area contributed by atoms with Gasteiger partial charge in [-0.25, -0.2) is 9.78 Å². The third-order valence-corrected chi connectivity index (χ3v) is 3.63. The lowest BCUT2D eigenvalue weighted by Gasteiger charge is -2.13. The quantitative estimate of drug-likeness (QED) is 0.901. The monoisotopic (exact) mass is 316 g/mol. The van der Waals surface area contributed by atoms with Gasteiger partial charge in [0.1, 0.15) is 5.01 Å². The molecule has 0 aliphatic carbocycles. The number of halogens is 3. The van der Waals surface area contributed by atoms with E-state index in [1.807, 2.05) is 12.3 Å². The Kier molecular flexibility index (Phi) is 4.17. The molecule has 0 spiro atoms. The van der Waals surface area contributed by atoms with Crippen LogP contribution in [0.1, 0.15) is 26.6 Å². The Morgan fingerprint density at radius 3 is 2.67 bits per heavy atom. The zero-order chi connectivity index (χ0) is 15.6. The highest BCUT2D eigenvalue weighted by Gasteiger charge is 2.35. The molecule has 0 fully saturated rings. The molecule has 0 saturated heterocycles. The molecule has 0 radical (unpaired) electrons. The second-order valence-corrected chi connectivity index (χ2v) is 5.24. The molecule has 21 heavy (non-hydrogen) atoms. The van der Waals surface area contributed by atoms with Crippen molar-refractivity contribution in [2.24, 2.45) is 0 Å². The predicted molar refractivity (Wildman–Crippen MR) is 72.6 cm³/mol. The Balaban J connectivity index is 2.23. The molecule has 1 aromatic carbocycles. The van der Waals surface area contributed by atoms with E-state index in [2.05, 4.69) is 10.3 Å². The molecule has 2 rings (SSSR count). The number of carbonyl (C=O) groups is 1. The molecule has 0 unspecified atom stereocenters. The van der Waals surface area contributed by atoms with Gasteiger partial charge in [0.15, 0.2) is 0 Å². The molecule has 8 heteroatoms. The lowest BCUT2D eigenvalue weighted by Crippen LogP contribution is -2.13. The van der Waals surface area contributed by atoms with Crippen LogP contribution in [0.3, 0.4) is 0 Å². The number of nitrogens with zero attached hydrogens (tertiary/aromatic N) is 1. The van der Waals surface area contributed by atoms with Gasteiger partial charge in [-0.2, -0.15) is 13.2 Å². The molecule has 0 saturated carbocycles. The number of alkyl halides is 3. The lowest BCUT2D eigenvalue weighted by atomic mass is 10.1. The summed E-state index contributed by atoms with van der Waals surface area (Å²) in [6.45, 7) is 2.10. The van der Waals surface area contributed by atoms with Gasteiger partial charge in [-0.15, -0.1) is 11.3 Å². The Hall–Kier alpha value is -2.09. The van der Waals surface area contributed by atoms with E-state index in [0.29, 0.717) is 0 Å². The number of thiazole rings is 1. The van der Waals surface area contributed by atoms with E-state index in [0.717, 1.165) is 22.8 Å². The number of benzene rings is 1. The molecule has 0 bridgehead atoms. The Morgan fingerprint density at radius 1 is 1.43 bits per heavy atom. The Labute approximate surface area is 122 Å². The van der Waals surface area contributed by atoms with E-state index in [1.165, 1.54) is 17.4 Å². The molecule has 0 aliphatic heterocycles. The van der Waals surface area contributed by atoms with Crippen LogP contribution in [0.15, 0.2) is 23.6 Å². The highest BCUT2D eigenvalue weighted by Crippen LogP contribution is 2.34. The highest BCUT2D eigenvalue weighted by atomic mass is 32.1. The van der Waals surface area contributed by atoms with Crippen LogP contribution in [0.2, 0.25) is 0 Å². The molecule has 0 amide bonds. The zero-order valence-corrected chi connectivity index (χ0v) is 11.7. The minimum atomic E-state index is -4.72. The summed E-state index contributed by atoms with van der Waals surface area (Å²) in [6.07, 6.45) is -4.72. The van der Waals surface area contributed by atoms with Gasteiger partial charge in [0.05, 0.1) is 17.7 Å². The van der Waals surface area contributed by atoms with Crippen LogP contribution in [0, 0.1) is 6.92 Å². The van der Waals surface area contributed by atoms with Crippen LogP contribution in [0.5, 0.6) is 0 Å². The van der Waals surface area contributed by atoms with Crippen LogP contribution < -0.4 is 5.32 Å². The van der Waals surface area contributed by atoms with E-state index in [9.17, 15) is 18.0 Å². The minimum absolute atomic E-state index is 0.195. The predicted octanol–water partition coefficient (Wildman–Crippen LogP) is 3.78. The molecule has 0 aliphatic rings. The molecule has 112 valence electrons. The first-order valence-corrected chi connectivity index (χ1v) is 6.75. The summed E-state index contributed by atoms with van der Waals surface area (Å²) < 4.78 is 38.6. The summed E-state index contributed by atoms with van der Waals surface area (Å²) >= 11 is 1.40. The summed E-state index contributed by atoms with van der Waals surface area (Å²) in [5.74, 6) is -1.61. The van der Waals surface area contributed by atoms with E-state index >= 15 is 0 Å². The third kappa shape index (κ3) is 3.72. The fraction of sp³-hybridized carbons (Fsp3) is 0.231. The number of anilines is 1. The third-order valence-electron chi connectivity index (χ3n) is 2.67. The van der Waals surface area contributed by atoms with Crippen molar-refractivity contribution < 1.29 is 23.1 Å². The zero-order valence-electron chi connectivity index (χ0n) is 10.9. The summed E-state index contributed by atoms with van der Waals surface area (Å²) in [4.78, 5) is 15.0. The van der Waals surface area contributed by atoms with Crippen LogP contribution >= 0.6 is 11.3 Å². The number of hydrogen-bond donors (Lipinski definition) is 2. The second-order valence-electron chi connectivity index (χ2n) is 4.30. The normalized spacial score (nSPS) is 11.4. The number of aromatic carboxylic acids is 1. The van der Waals surface area contributed by atoms with Gasteiger partial charge >= 0.3 is 12.1 Å². The van der Waals surface area contributed by atoms with Gasteiger partial charge in [0, 0.05) is 16.8 Å². The van der Waals surface area contributed by atoms with Crippen LogP contribution in [0.4, 0.5) is 18.9 Å². The average Bonchev–Trinajstić information content (AvgIpc) is 2.81. The maximum absolute atomic E-state index is 12.9. The first kappa shape index (κ1) is 15.3. The number of carboxylic acid groups (broad SMARTS) is 1. The van der Waals surface area contributed by atoms with E-state index in [1.54, 1.807) is 0 Å². The number of hydrogen-bond acceptors (Lipinski definition) is 4. The molecule has 4 nitrogen and oxygen atoms in total. The van der Waals surface area contributed by atoms with E-state index < -0.39 is 23.3 Å². The van der Waals surface area contributed by atoms with Crippen molar-refractivity contribution >= 4 is 23.0 Å². The molecular formula is C13H11F3N2O2S. The molecule has 2 N–H and O–H groups in total. The van der Waals surface area contributed by atoms with Gasteiger partial charge < -0.3 is 10.4 Å². The van der Waals surface area contributed by atoms with Crippen molar-refractivity contribution in [3.05, 3.63) is 45.4 Å². The summed E-state index contributed by atoms with van der Waals surface area (Å²) in [5.41, 5.74) is -0.900. The van der Waals surface area contributed by atoms with Gasteiger partial charge in [-0.05, 0) is 25.1 Å². The second kappa shape index (κ2) is 5.72. The van der Waals surface area contributed by atoms with Gasteiger partial charge in [-0.1, -0.05) is 0 Å². The van der Waals surface area contributed by atoms with Crippen molar-refractivity contribution in [2.75, 3.05) is 5.32 Å². The van der Waals surface area contributed by atoms with Gasteiger partial charge in [-0.3, -0.25) is 0 Å². The molecular weight excluding hydrogens is 305 g/mol. The largest absolute Gasteiger partial charge is 0.478 e. The average molecular weight is 316 g/mol. The lowest BCUT2D eigenvalue weighted by molar-refractivity contribution is -0.138. The van der Waals surface area contributed by atoms with Crippen molar-refractivity contribution in [3.63, 3.8) is 0 Å². The van der Waals surface area contributed by atoms with Crippen molar-refractivity contribution in [3.8, 4) is 0 Å². The highest BCUT2D eigenvalue weighted by molar-refractivity contribution is 7.09. The summed E-state index contributed by atoms with van der Waals surface area (Å²) in [7, 11) is 0. The van der Waals surface area contributed by atoms with Crippen molar-refractivity contribution in [1.82, 2.24) is 4.98 Å². The summed E-state index contributed by atoms with van der Waals surface area (Å²) in [5, 5.41) is 14.2. The van der Waals surface area contributed by atoms with Crippen LogP contribution in [0.25, 0.3) is 0 Å². The molecule has 2 aromatic rings. The molecule has 1 aromatic heterocycles. The minimum Gasteiger partial charge on any atom is -0.478 e. The number of nitrogens with one attached hydrogen (secondary N) is 1. The summed E-state index contributed by atoms with van der Waals surface area (Å²) in [6, 6.07) is 3.05. The maximum Gasteiger partial charge on any atom is 0.417 e. The SMILES string of the molecule is Cc1csc(CNc2ccc(C(=O)O)c(C(F)(F)F)c2)n1. The first-order valence-electron chi connectivity index (χ1n) is 5.87. The number of aryl methyl sites for hydroxylation is 1. The molecule has 0 atom stereocenters. The van der Waals surface area contributed by atoms with Crippen molar-refractivity contribution in [1.29, 1.82) is 0 Å². The Bertz CT molecular complexity index is 668. The maximum atomic E-state index is 12.9. The standard InChI is InChI=1S/C13H11F3N2O2S/c1-7-6-21-11(18-7)5-17-8-2-3-9(12(19)20)10(4-8)13(14,15)16/h2-4,6,17H,5H2,1H3,(H,19,20). The van der Waals surface area contributed by atoms with E-state index in [-0.39, 0.29) is 12.2 Å². The van der Waals surface area contributed by atoms with Crippen LogP contribution in [-0.4, -0.2) is 16.1 Å². The fourth-order valence-corrected chi connectivity index (χ4v) is 2.45. The molecule has 1 heterocycles. The first-order chi connectivity index (χ1) is 9.77. The van der Waals surface area contributed by atoms with Gasteiger partial charge in [0.25, 0.3) is 0 Å². The van der Waals surface area contributed by atoms with Crippen LogP contribution in [-0.2, 0) is 12.7 Å². The fourth-order valence-electron chi connectivity index (χ4n) is 1.74.